The minimum atomic E-state index is -0.0636. The number of hydrogen-bond donors (Lipinski definition) is 0. The van der Waals surface area contributed by atoms with Crippen LogP contribution in [0.2, 0.25) is 0 Å². The summed E-state index contributed by atoms with van der Waals surface area (Å²) >= 11 is 0. The van der Waals surface area contributed by atoms with Crippen LogP contribution in [-0.4, -0.2) is 44.5 Å². The van der Waals surface area contributed by atoms with Gasteiger partial charge in [-0.15, -0.1) is 0 Å². The Balaban J connectivity index is 1.44. The minimum absolute atomic E-state index is 0.0132. The molecule has 0 N–H and O–H groups in total. The van der Waals surface area contributed by atoms with E-state index >= 15 is 0 Å². The van der Waals surface area contributed by atoms with Crippen LogP contribution in [0.15, 0.2) is 67.4 Å². The lowest BCUT2D eigenvalue weighted by Gasteiger charge is -2.17. The number of hydrogen-bond acceptors (Lipinski definition) is 4. The molecule has 3 aromatic heterocycles. The average Bonchev–Trinajstić information content (AvgIpc) is 3.34. The Kier molecular flexibility index (Phi) is 4.16. The lowest BCUT2D eigenvalue weighted by Crippen LogP contribution is -2.31. The number of pyridine rings is 2. The summed E-state index contributed by atoms with van der Waals surface area (Å²) in [6.45, 7) is 1.22. The van der Waals surface area contributed by atoms with Gasteiger partial charge in [0.25, 0.3) is 5.91 Å². The fraction of sp³-hybridized carbons (Fsp3) is 0.211. The molecule has 4 rings (SSSR count). The van der Waals surface area contributed by atoms with Gasteiger partial charge in [-0.25, -0.2) is 0 Å². The lowest BCUT2D eigenvalue weighted by atomic mass is 10.3. The Morgan fingerprint density at radius 1 is 1.16 bits per heavy atom. The van der Waals surface area contributed by atoms with Gasteiger partial charge in [-0.2, -0.15) is 0 Å². The molecule has 25 heavy (non-hydrogen) atoms. The molecule has 1 aliphatic heterocycles. The molecule has 6 nitrogen and oxygen atoms in total. The number of carbonyl (C=O) groups is 1. The molecule has 1 amide bonds. The van der Waals surface area contributed by atoms with Gasteiger partial charge in [-0.3, -0.25) is 14.8 Å². The van der Waals surface area contributed by atoms with Crippen molar-refractivity contribution in [3.63, 3.8) is 0 Å². The molecule has 0 saturated carbocycles. The van der Waals surface area contributed by atoms with E-state index in [0.29, 0.717) is 18.8 Å². The van der Waals surface area contributed by atoms with E-state index in [-0.39, 0.29) is 12.0 Å². The molecular weight excluding hydrogens is 316 g/mol. The third-order valence-electron chi connectivity index (χ3n) is 4.23. The highest BCUT2D eigenvalue weighted by atomic mass is 16.5. The van der Waals surface area contributed by atoms with Crippen LogP contribution in [0.1, 0.15) is 16.9 Å². The normalized spacial score (nSPS) is 16.8. The lowest BCUT2D eigenvalue weighted by molar-refractivity contribution is 0.0766. The smallest absolute Gasteiger partial charge is 0.272 e. The Labute approximate surface area is 145 Å². The van der Waals surface area contributed by atoms with Crippen LogP contribution in [0.5, 0.6) is 5.75 Å². The third kappa shape index (κ3) is 3.38. The molecule has 1 unspecified atom stereocenters. The van der Waals surface area contributed by atoms with Crippen LogP contribution in [0.25, 0.3) is 5.69 Å². The summed E-state index contributed by atoms with van der Waals surface area (Å²) in [6.07, 6.45) is 9.74. The monoisotopic (exact) mass is 334 g/mol. The standard InChI is InChI=1S/C19H18N4O2/c24-19(18-12-15(5-8-21-18)22-9-1-2-10-22)23-11-6-17(14-23)25-16-4-3-7-20-13-16/h1-5,7-10,12-13,17H,6,11,14H2. The Hall–Kier alpha value is -3.15. The molecular formula is C19H18N4O2. The van der Waals surface area contributed by atoms with E-state index in [0.717, 1.165) is 17.9 Å². The van der Waals surface area contributed by atoms with E-state index in [1.165, 1.54) is 0 Å². The number of carbonyl (C=O) groups excluding carboxylic acids is 1. The fourth-order valence-corrected chi connectivity index (χ4v) is 2.98. The maximum Gasteiger partial charge on any atom is 0.272 e. The second-order valence-electron chi connectivity index (χ2n) is 5.96. The van der Waals surface area contributed by atoms with Crippen molar-refractivity contribution in [2.75, 3.05) is 13.1 Å². The molecule has 3 aromatic rings. The number of aromatic nitrogens is 3. The number of ether oxygens (including phenoxy) is 1. The summed E-state index contributed by atoms with van der Waals surface area (Å²) in [5, 5.41) is 0. The highest BCUT2D eigenvalue weighted by Gasteiger charge is 2.29. The van der Waals surface area contributed by atoms with Gasteiger partial charge in [-0.1, -0.05) is 0 Å². The Bertz CT molecular complexity index is 849. The van der Waals surface area contributed by atoms with Crippen LogP contribution < -0.4 is 4.74 Å². The number of nitrogens with zero attached hydrogens (tertiary/aromatic N) is 4. The molecule has 1 saturated heterocycles. The average molecular weight is 334 g/mol. The number of likely N-dealkylation sites (tertiary alicyclic amines) is 1. The Morgan fingerprint density at radius 2 is 2.04 bits per heavy atom. The highest BCUT2D eigenvalue weighted by Crippen LogP contribution is 2.19. The van der Waals surface area contributed by atoms with Gasteiger partial charge in [0.2, 0.25) is 0 Å². The molecule has 0 aromatic carbocycles. The van der Waals surface area contributed by atoms with Crippen LogP contribution >= 0.6 is 0 Å². The third-order valence-corrected chi connectivity index (χ3v) is 4.23. The van der Waals surface area contributed by atoms with E-state index in [1.54, 1.807) is 23.5 Å². The van der Waals surface area contributed by atoms with Crippen molar-refractivity contribution < 1.29 is 9.53 Å². The van der Waals surface area contributed by atoms with Gasteiger partial charge < -0.3 is 14.2 Å². The molecule has 126 valence electrons. The molecule has 1 fully saturated rings. The van der Waals surface area contributed by atoms with Crippen LogP contribution in [0, 0.1) is 0 Å². The van der Waals surface area contributed by atoms with Crippen molar-refractivity contribution in [3.8, 4) is 11.4 Å². The Morgan fingerprint density at radius 3 is 2.84 bits per heavy atom. The maximum absolute atomic E-state index is 12.8. The molecule has 1 atom stereocenters. The second-order valence-corrected chi connectivity index (χ2v) is 5.96. The summed E-state index contributed by atoms with van der Waals surface area (Å²) in [5.41, 5.74) is 1.37. The predicted octanol–water partition coefficient (Wildman–Crippen LogP) is 2.56. The minimum Gasteiger partial charge on any atom is -0.487 e. The van der Waals surface area contributed by atoms with Gasteiger partial charge in [0, 0.05) is 43.4 Å². The van der Waals surface area contributed by atoms with E-state index in [1.807, 2.05) is 53.4 Å². The topological polar surface area (TPSA) is 60.2 Å². The van der Waals surface area contributed by atoms with Gasteiger partial charge in [-0.05, 0) is 36.4 Å². The summed E-state index contributed by atoms with van der Waals surface area (Å²) in [7, 11) is 0. The predicted molar refractivity (Wildman–Crippen MR) is 92.7 cm³/mol. The summed E-state index contributed by atoms with van der Waals surface area (Å²) in [6, 6.07) is 11.3. The summed E-state index contributed by atoms with van der Waals surface area (Å²) in [5.74, 6) is 0.667. The zero-order valence-electron chi connectivity index (χ0n) is 13.7. The largest absolute Gasteiger partial charge is 0.487 e. The van der Waals surface area contributed by atoms with Crippen molar-refractivity contribution >= 4 is 5.91 Å². The molecule has 0 bridgehead atoms. The van der Waals surface area contributed by atoms with Gasteiger partial charge in [0.15, 0.2) is 0 Å². The van der Waals surface area contributed by atoms with Crippen LogP contribution in [0.4, 0.5) is 0 Å². The van der Waals surface area contributed by atoms with Crippen molar-refractivity contribution in [1.82, 2.24) is 19.4 Å². The molecule has 6 heteroatoms. The molecule has 1 aliphatic rings. The number of rotatable bonds is 4. The molecule has 0 radical (unpaired) electrons. The van der Waals surface area contributed by atoms with E-state index < -0.39 is 0 Å². The van der Waals surface area contributed by atoms with Crippen molar-refractivity contribution in [1.29, 1.82) is 0 Å². The summed E-state index contributed by atoms with van der Waals surface area (Å²) in [4.78, 5) is 22.8. The number of amides is 1. The van der Waals surface area contributed by atoms with Crippen molar-refractivity contribution in [2.45, 2.75) is 12.5 Å². The first-order valence-corrected chi connectivity index (χ1v) is 8.25. The van der Waals surface area contributed by atoms with E-state index in [2.05, 4.69) is 9.97 Å². The summed E-state index contributed by atoms with van der Waals surface area (Å²) < 4.78 is 7.85. The SMILES string of the molecule is O=C(c1cc(-n2cccc2)ccn1)N1CCC(Oc2cccnc2)C1. The van der Waals surface area contributed by atoms with Crippen LogP contribution in [-0.2, 0) is 0 Å². The van der Waals surface area contributed by atoms with E-state index in [4.69, 9.17) is 4.74 Å². The zero-order chi connectivity index (χ0) is 17.1. The second kappa shape index (κ2) is 6.76. The fourth-order valence-electron chi connectivity index (χ4n) is 2.98. The van der Waals surface area contributed by atoms with Gasteiger partial charge in [0.05, 0.1) is 12.7 Å². The zero-order valence-corrected chi connectivity index (χ0v) is 13.7. The molecule has 0 spiro atoms. The van der Waals surface area contributed by atoms with Crippen molar-refractivity contribution in [2.24, 2.45) is 0 Å². The first-order valence-electron chi connectivity index (χ1n) is 8.25. The highest BCUT2D eigenvalue weighted by molar-refractivity contribution is 5.93. The first-order chi connectivity index (χ1) is 12.3. The maximum atomic E-state index is 12.8. The van der Waals surface area contributed by atoms with Crippen LogP contribution in [0.3, 0.4) is 0 Å². The van der Waals surface area contributed by atoms with Gasteiger partial charge >= 0.3 is 0 Å². The van der Waals surface area contributed by atoms with Crippen molar-refractivity contribution in [3.05, 3.63) is 73.1 Å². The van der Waals surface area contributed by atoms with E-state index in [9.17, 15) is 4.79 Å². The quantitative estimate of drug-likeness (QED) is 0.736. The molecule has 0 aliphatic carbocycles. The van der Waals surface area contributed by atoms with Gasteiger partial charge in [0.1, 0.15) is 17.5 Å². The molecule has 4 heterocycles. The first kappa shape index (κ1) is 15.4.